The minimum Gasteiger partial charge on any atom is -0.504 e. The molecule has 0 bridgehead atoms. The van der Waals surface area contributed by atoms with Crippen LogP contribution in [-0.2, 0) is 0 Å². The summed E-state index contributed by atoms with van der Waals surface area (Å²) in [5.74, 6) is -0.818. The molecule has 2 N–H and O–H groups in total. The van der Waals surface area contributed by atoms with Crippen LogP contribution >= 0.6 is 0 Å². The Morgan fingerprint density at radius 2 is 2.17 bits per heavy atom. The highest BCUT2D eigenvalue weighted by Gasteiger charge is 2.16. The number of hydrazone groups is 1. The Morgan fingerprint density at radius 1 is 1.46 bits per heavy atom. The summed E-state index contributed by atoms with van der Waals surface area (Å²) in [5.41, 5.74) is 2.38. The number of benzene rings is 1. The molecule has 24 heavy (non-hydrogen) atoms. The molecule has 0 unspecified atom stereocenters. The third kappa shape index (κ3) is 4.03. The molecule has 0 saturated heterocycles. The Morgan fingerprint density at radius 3 is 2.79 bits per heavy atom. The number of nitro groups is 1. The summed E-state index contributed by atoms with van der Waals surface area (Å²) < 4.78 is 5.15. The second-order valence-corrected chi connectivity index (χ2v) is 4.51. The maximum absolute atomic E-state index is 11.8. The van der Waals surface area contributed by atoms with Crippen molar-refractivity contribution in [3.8, 4) is 11.5 Å². The molecule has 0 radical (unpaired) electrons. The molecule has 9 nitrogen and oxygen atoms in total. The van der Waals surface area contributed by atoms with E-state index < -0.39 is 10.8 Å². The van der Waals surface area contributed by atoms with Gasteiger partial charge in [0.15, 0.2) is 11.5 Å². The second kappa shape index (κ2) is 7.68. The number of hydrogen-bond donors (Lipinski definition) is 2. The lowest BCUT2D eigenvalue weighted by Crippen LogP contribution is -2.17. The van der Waals surface area contributed by atoms with Crippen LogP contribution in [-0.4, -0.2) is 33.7 Å². The van der Waals surface area contributed by atoms with Gasteiger partial charge in [-0.1, -0.05) is 0 Å². The molecule has 0 aliphatic rings. The third-order valence-corrected chi connectivity index (χ3v) is 2.91. The lowest BCUT2D eigenvalue weighted by Gasteiger charge is -2.07. The van der Waals surface area contributed by atoms with E-state index in [2.05, 4.69) is 15.5 Å². The molecule has 2 rings (SSSR count). The highest BCUT2D eigenvalue weighted by molar-refractivity contribution is 5.95. The van der Waals surface area contributed by atoms with Gasteiger partial charge in [0.2, 0.25) is 0 Å². The number of aromatic nitrogens is 1. The first-order valence-corrected chi connectivity index (χ1v) is 6.90. The lowest BCUT2D eigenvalue weighted by molar-refractivity contribution is -0.385. The van der Waals surface area contributed by atoms with E-state index in [1.165, 1.54) is 24.5 Å². The van der Waals surface area contributed by atoms with Crippen molar-refractivity contribution < 1.29 is 19.6 Å². The SMILES string of the molecule is CCOc1cc([N+](=O)[O-])cc(/C=N\NC(=O)c2ccncc2)c1O. The fourth-order valence-electron chi connectivity index (χ4n) is 1.81. The van der Waals surface area contributed by atoms with Crippen molar-refractivity contribution in [3.05, 3.63) is 57.9 Å². The topological polar surface area (TPSA) is 127 Å². The number of amides is 1. The molecule has 124 valence electrons. The molecule has 0 saturated carbocycles. The van der Waals surface area contributed by atoms with Gasteiger partial charge in [-0.15, -0.1) is 0 Å². The molecule has 1 aromatic heterocycles. The Bertz CT molecular complexity index is 777. The van der Waals surface area contributed by atoms with E-state index in [0.29, 0.717) is 5.56 Å². The molecule has 0 fully saturated rings. The number of non-ortho nitro benzene ring substituents is 1. The number of ether oxygens (including phenoxy) is 1. The van der Waals surface area contributed by atoms with Gasteiger partial charge in [0.1, 0.15) is 0 Å². The average Bonchev–Trinajstić information content (AvgIpc) is 2.58. The van der Waals surface area contributed by atoms with Gasteiger partial charge in [-0.2, -0.15) is 5.10 Å². The zero-order valence-corrected chi connectivity index (χ0v) is 12.7. The number of aromatic hydroxyl groups is 1. The Kier molecular flexibility index (Phi) is 5.40. The van der Waals surface area contributed by atoms with E-state index >= 15 is 0 Å². The maximum Gasteiger partial charge on any atom is 0.274 e. The highest BCUT2D eigenvalue weighted by atomic mass is 16.6. The van der Waals surface area contributed by atoms with Crippen LogP contribution in [0.1, 0.15) is 22.8 Å². The number of rotatable bonds is 6. The fourth-order valence-corrected chi connectivity index (χ4v) is 1.81. The minimum atomic E-state index is -0.616. The number of nitro benzene ring substituents is 1. The lowest BCUT2D eigenvalue weighted by atomic mass is 10.1. The summed E-state index contributed by atoms with van der Waals surface area (Å²) in [5, 5.41) is 24.7. The van der Waals surface area contributed by atoms with Crippen LogP contribution in [0.3, 0.4) is 0 Å². The molecule has 1 amide bonds. The van der Waals surface area contributed by atoms with Gasteiger partial charge in [0, 0.05) is 29.6 Å². The number of nitrogens with zero attached hydrogens (tertiary/aromatic N) is 3. The van der Waals surface area contributed by atoms with Gasteiger partial charge in [-0.3, -0.25) is 19.9 Å². The van der Waals surface area contributed by atoms with E-state index in [9.17, 15) is 20.0 Å². The van der Waals surface area contributed by atoms with Crippen LogP contribution in [0, 0.1) is 10.1 Å². The van der Waals surface area contributed by atoms with Gasteiger partial charge in [-0.25, -0.2) is 5.43 Å². The van der Waals surface area contributed by atoms with Crippen LogP contribution in [0.25, 0.3) is 0 Å². The first kappa shape index (κ1) is 16.9. The predicted molar refractivity (Wildman–Crippen MR) is 85.2 cm³/mol. The van der Waals surface area contributed by atoms with Crippen molar-refractivity contribution in [1.82, 2.24) is 10.4 Å². The molecule has 0 aliphatic carbocycles. The molecular weight excluding hydrogens is 316 g/mol. The number of carbonyl (C=O) groups excluding carboxylic acids is 1. The van der Waals surface area contributed by atoms with Crippen molar-refractivity contribution in [2.24, 2.45) is 5.10 Å². The first-order valence-electron chi connectivity index (χ1n) is 6.90. The largest absolute Gasteiger partial charge is 0.504 e. The molecule has 2 aromatic rings. The number of carbonyl (C=O) groups is 1. The quantitative estimate of drug-likeness (QED) is 0.473. The van der Waals surface area contributed by atoms with Crippen molar-refractivity contribution >= 4 is 17.8 Å². The predicted octanol–water partition coefficient (Wildman–Crippen LogP) is 1.86. The first-order chi connectivity index (χ1) is 11.5. The number of hydrogen-bond acceptors (Lipinski definition) is 7. The minimum absolute atomic E-state index is 0.0337. The zero-order valence-electron chi connectivity index (χ0n) is 12.7. The standard InChI is InChI=1S/C15H14N4O5/c1-2-24-13-8-12(19(22)23)7-11(14(13)20)9-17-18-15(21)10-3-5-16-6-4-10/h3-9,20H,2H2,1H3,(H,18,21)/b17-9-. The summed E-state index contributed by atoms with van der Waals surface area (Å²) in [7, 11) is 0. The molecule has 0 atom stereocenters. The van der Waals surface area contributed by atoms with Gasteiger partial charge in [-0.05, 0) is 19.1 Å². The fraction of sp³-hybridized carbons (Fsp3) is 0.133. The Hall–Kier alpha value is -3.49. The zero-order chi connectivity index (χ0) is 17.5. The van der Waals surface area contributed by atoms with Gasteiger partial charge in [0.05, 0.1) is 23.8 Å². The van der Waals surface area contributed by atoms with Crippen molar-refractivity contribution in [1.29, 1.82) is 0 Å². The Balaban J connectivity index is 2.21. The monoisotopic (exact) mass is 330 g/mol. The van der Waals surface area contributed by atoms with Gasteiger partial charge in [0.25, 0.3) is 11.6 Å². The van der Waals surface area contributed by atoms with E-state index in [1.807, 2.05) is 0 Å². The van der Waals surface area contributed by atoms with Crippen LogP contribution in [0.5, 0.6) is 11.5 Å². The molecule has 1 heterocycles. The molecule has 9 heteroatoms. The van der Waals surface area contributed by atoms with Crippen LogP contribution in [0.15, 0.2) is 41.8 Å². The van der Waals surface area contributed by atoms with Crippen molar-refractivity contribution in [3.63, 3.8) is 0 Å². The van der Waals surface area contributed by atoms with Crippen LogP contribution in [0.4, 0.5) is 5.69 Å². The normalized spacial score (nSPS) is 10.5. The summed E-state index contributed by atoms with van der Waals surface area (Å²) in [4.78, 5) is 25.9. The van der Waals surface area contributed by atoms with Crippen LogP contribution < -0.4 is 10.2 Å². The Labute approximate surface area is 136 Å². The van der Waals surface area contributed by atoms with Crippen molar-refractivity contribution in [2.45, 2.75) is 6.92 Å². The van der Waals surface area contributed by atoms with Gasteiger partial charge >= 0.3 is 0 Å². The van der Waals surface area contributed by atoms with E-state index in [4.69, 9.17) is 4.74 Å². The molecule has 1 aromatic carbocycles. The summed E-state index contributed by atoms with van der Waals surface area (Å²) in [6.07, 6.45) is 4.02. The van der Waals surface area contributed by atoms with E-state index in [0.717, 1.165) is 18.3 Å². The van der Waals surface area contributed by atoms with E-state index in [1.54, 1.807) is 6.92 Å². The third-order valence-electron chi connectivity index (χ3n) is 2.91. The molecule has 0 spiro atoms. The number of nitrogens with one attached hydrogen (secondary N) is 1. The van der Waals surface area contributed by atoms with Gasteiger partial charge < -0.3 is 9.84 Å². The number of phenolic OH excluding ortho intramolecular Hbond substituents is 1. The number of pyridine rings is 1. The average molecular weight is 330 g/mol. The summed E-state index contributed by atoms with van der Waals surface area (Å²) in [6.45, 7) is 1.91. The van der Waals surface area contributed by atoms with Crippen LogP contribution in [0.2, 0.25) is 0 Å². The smallest absolute Gasteiger partial charge is 0.274 e. The molecular formula is C15H14N4O5. The summed E-state index contributed by atoms with van der Waals surface area (Å²) in [6, 6.07) is 5.25. The summed E-state index contributed by atoms with van der Waals surface area (Å²) >= 11 is 0. The molecule has 0 aliphatic heterocycles. The van der Waals surface area contributed by atoms with E-state index in [-0.39, 0.29) is 29.4 Å². The second-order valence-electron chi connectivity index (χ2n) is 4.51. The highest BCUT2D eigenvalue weighted by Crippen LogP contribution is 2.33. The number of phenols is 1. The maximum atomic E-state index is 11.8. The van der Waals surface area contributed by atoms with Crippen molar-refractivity contribution in [2.75, 3.05) is 6.61 Å².